The smallest absolute Gasteiger partial charge is 0.319 e. The third kappa shape index (κ3) is 3.78. The molecule has 3 N–H and O–H groups in total. The molecular formula is C24H17F3N4O4. The lowest BCUT2D eigenvalue weighted by atomic mass is 10.1. The zero-order chi connectivity index (χ0) is 24.3. The van der Waals surface area contributed by atoms with Gasteiger partial charge in [-0.05, 0) is 30.7 Å². The Morgan fingerprint density at radius 2 is 1.91 bits per heavy atom. The number of fused-ring (bicyclic) bond motifs is 4. The number of hydrogen-bond acceptors (Lipinski definition) is 5. The lowest BCUT2D eigenvalue weighted by Gasteiger charge is -2.19. The van der Waals surface area contributed by atoms with Crippen LogP contribution in [0.1, 0.15) is 23.5 Å². The number of amides is 3. The number of anilines is 2. The largest absolute Gasteiger partial charge is 0.487 e. The van der Waals surface area contributed by atoms with Crippen LogP contribution in [0.15, 0.2) is 42.6 Å². The van der Waals surface area contributed by atoms with E-state index >= 15 is 0 Å². The Bertz CT molecular complexity index is 1400. The summed E-state index contributed by atoms with van der Waals surface area (Å²) in [5.41, 5.74) is 1.18. The summed E-state index contributed by atoms with van der Waals surface area (Å²) in [5.74, 6) is -1.64. The Hall–Kier alpha value is -4.28. The van der Waals surface area contributed by atoms with Crippen molar-refractivity contribution in [3.8, 4) is 17.2 Å². The van der Waals surface area contributed by atoms with Gasteiger partial charge in [0.25, 0.3) is 0 Å². The quantitative estimate of drug-likeness (QED) is 0.484. The minimum absolute atomic E-state index is 0.0912. The van der Waals surface area contributed by atoms with E-state index in [1.165, 1.54) is 0 Å². The normalized spacial score (nSPS) is 21.1. The van der Waals surface area contributed by atoms with Gasteiger partial charge < -0.3 is 25.4 Å². The maximum absolute atomic E-state index is 13.8. The second-order valence-corrected chi connectivity index (χ2v) is 8.46. The molecule has 3 amide bonds. The molecule has 0 radical (unpaired) electrons. The molecule has 1 aliphatic carbocycles. The van der Waals surface area contributed by atoms with Crippen LogP contribution in [0.4, 0.5) is 29.5 Å². The summed E-state index contributed by atoms with van der Waals surface area (Å²) in [6.07, 6.45) is 2.12. The highest BCUT2D eigenvalue weighted by atomic mass is 19.2. The third-order valence-corrected chi connectivity index (χ3v) is 6.21. The first kappa shape index (κ1) is 21.3. The van der Waals surface area contributed by atoms with Crippen LogP contribution < -0.4 is 25.4 Å². The average Bonchev–Trinajstić information content (AvgIpc) is 3.33. The van der Waals surface area contributed by atoms with Crippen LogP contribution in [-0.2, 0) is 11.2 Å². The van der Waals surface area contributed by atoms with Gasteiger partial charge >= 0.3 is 6.03 Å². The SMILES string of the molecule is O=C1CCc2c(Oc3ccc4c(c3)C3C(O4)[C@H]3NC(=O)Nc3cc(F)c(F)cc3F)ccnc2N1. The highest BCUT2D eigenvalue weighted by molar-refractivity contribution is 5.93. The summed E-state index contributed by atoms with van der Waals surface area (Å²) in [4.78, 5) is 28.1. The molecule has 6 rings (SSSR count). The summed E-state index contributed by atoms with van der Waals surface area (Å²) in [5, 5.41) is 7.60. The van der Waals surface area contributed by atoms with Crippen LogP contribution in [0.5, 0.6) is 17.2 Å². The number of nitrogens with one attached hydrogen (secondary N) is 3. The Labute approximate surface area is 196 Å². The second kappa shape index (κ2) is 7.90. The number of pyridine rings is 1. The van der Waals surface area contributed by atoms with Crippen molar-refractivity contribution in [2.24, 2.45) is 0 Å². The van der Waals surface area contributed by atoms with Crippen molar-refractivity contribution >= 4 is 23.4 Å². The van der Waals surface area contributed by atoms with E-state index in [1.807, 2.05) is 6.07 Å². The maximum Gasteiger partial charge on any atom is 0.319 e. The Morgan fingerprint density at radius 1 is 1.09 bits per heavy atom. The fraction of sp³-hybridized carbons (Fsp3) is 0.208. The van der Waals surface area contributed by atoms with Gasteiger partial charge in [0.2, 0.25) is 5.91 Å². The molecule has 11 heteroatoms. The molecule has 3 aromatic rings. The van der Waals surface area contributed by atoms with Gasteiger partial charge in [-0.1, -0.05) is 0 Å². The zero-order valence-corrected chi connectivity index (χ0v) is 17.9. The van der Waals surface area contributed by atoms with E-state index < -0.39 is 29.2 Å². The lowest BCUT2D eigenvalue weighted by Crippen LogP contribution is -2.34. The first-order chi connectivity index (χ1) is 16.9. The van der Waals surface area contributed by atoms with Crippen molar-refractivity contribution in [1.82, 2.24) is 10.3 Å². The van der Waals surface area contributed by atoms with Crippen molar-refractivity contribution in [3.05, 3.63) is 71.2 Å². The Kier molecular flexibility index (Phi) is 4.80. The number of aromatic nitrogens is 1. The van der Waals surface area contributed by atoms with E-state index in [0.717, 1.165) is 11.1 Å². The summed E-state index contributed by atoms with van der Waals surface area (Å²) in [6.45, 7) is 0. The maximum atomic E-state index is 13.8. The predicted octanol–water partition coefficient (Wildman–Crippen LogP) is 4.22. The van der Waals surface area contributed by atoms with E-state index in [2.05, 4.69) is 20.9 Å². The van der Waals surface area contributed by atoms with E-state index in [0.29, 0.717) is 48.0 Å². The fourth-order valence-electron chi connectivity index (χ4n) is 4.48. The monoisotopic (exact) mass is 482 g/mol. The van der Waals surface area contributed by atoms with E-state index in [4.69, 9.17) is 9.47 Å². The van der Waals surface area contributed by atoms with Crippen LogP contribution >= 0.6 is 0 Å². The molecule has 0 spiro atoms. The van der Waals surface area contributed by atoms with E-state index in [1.54, 1.807) is 24.4 Å². The van der Waals surface area contributed by atoms with E-state index in [9.17, 15) is 22.8 Å². The van der Waals surface area contributed by atoms with Crippen LogP contribution in [0.3, 0.4) is 0 Å². The summed E-state index contributed by atoms with van der Waals surface area (Å²) >= 11 is 0. The average molecular weight is 482 g/mol. The van der Waals surface area contributed by atoms with Crippen LogP contribution in [0, 0.1) is 17.5 Å². The number of halogens is 3. The molecular weight excluding hydrogens is 465 g/mol. The first-order valence-electron chi connectivity index (χ1n) is 10.9. The van der Waals surface area contributed by atoms with Gasteiger partial charge in [-0.15, -0.1) is 0 Å². The van der Waals surface area contributed by atoms with Crippen molar-refractivity contribution in [2.75, 3.05) is 10.6 Å². The number of rotatable bonds is 4. The highest BCUT2D eigenvalue weighted by Crippen LogP contribution is 2.54. The van der Waals surface area contributed by atoms with Crippen molar-refractivity contribution < 1.29 is 32.2 Å². The van der Waals surface area contributed by atoms with Gasteiger partial charge in [0, 0.05) is 35.9 Å². The number of ether oxygens (including phenoxy) is 2. The Morgan fingerprint density at radius 3 is 2.77 bits per heavy atom. The molecule has 2 aliphatic heterocycles. The molecule has 0 bridgehead atoms. The second-order valence-electron chi connectivity index (χ2n) is 8.46. The molecule has 2 unspecified atom stereocenters. The van der Waals surface area contributed by atoms with E-state index in [-0.39, 0.29) is 24.0 Å². The summed E-state index contributed by atoms with van der Waals surface area (Å²) in [6, 6.07) is 6.89. The standard InChI is InChI=1S/C24H17F3N4O4/c25-13-8-15(27)16(9-14(13)26)29-24(33)31-21-20-12-7-10(1-3-17(12)35-22(20)21)34-18-5-6-28-23-11(18)2-4-19(32)30-23/h1,3,5-9,20-22H,2,4H2,(H,28,30,32)(H2,29,31,33)/t20?,21-,22?/m0/s1. The van der Waals surface area contributed by atoms with Gasteiger partial charge in [0.15, 0.2) is 11.6 Å². The number of carbonyl (C=O) groups excluding carboxylic acids is 2. The van der Waals surface area contributed by atoms with Crippen LogP contribution in [0.25, 0.3) is 0 Å². The highest BCUT2D eigenvalue weighted by Gasteiger charge is 2.59. The molecule has 178 valence electrons. The van der Waals surface area contributed by atoms with Crippen molar-refractivity contribution in [2.45, 2.75) is 30.9 Å². The molecule has 3 atom stereocenters. The minimum atomic E-state index is -1.34. The van der Waals surface area contributed by atoms with Crippen molar-refractivity contribution in [3.63, 3.8) is 0 Å². The number of nitrogens with zero attached hydrogens (tertiary/aromatic N) is 1. The number of benzene rings is 2. The van der Waals surface area contributed by atoms with Gasteiger partial charge in [-0.3, -0.25) is 4.79 Å². The van der Waals surface area contributed by atoms with Gasteiger partial charge in [0.05, 0.1) is 17.6 Å². The predicted molar refractivity (Wildman–Crippen MR) is 117 cm³/mol. The van der Waals surface area contributed by atoms with Crippen LogP contribution in [0.2, 0.25) is 0 Å². The first-order valence-corrected chi connectivity index (χ1v) is 10.9. The number of urea groups is 1. The summed E-state index contributed by atoms with van der Waals surface area (Å²) < 4.78 is 52.2. The molecule has 0 saturated heterocycles. The van der Waals surface area contributed by atoms with Gasteiger partial charge in [-0.2, -0.15) is 0 Å². The molecule has 3 heterocycles. The van der Waals surface area contributed by atoms with Gasteiger partial charge in [0.1, 0.15) is 35.0 Å². The topological polar surface area (TPSA) is 102 Å². The van der Waals surface area contributed by atoms with Crippen LogP contribution in [-0.4, -0.2) is 29.1 Å². The number of carbonyl (C=O) groups is 2. The fourth-order valence-corrected chi connectivity index (χ4v) is 4.48. The molecule has 8 nitrogen and oxygen atoms in total. The number of hydrogen-bond donors (Lipinski definition) is 3. The lowest BCUT2D eigenvalue weighted by molar-refractivity contribution is -0.116. The molecule has 3 aliphatic rings. The molecule has 1 saturated carbocycles. The molecule has 1 fully saturated rings. The zero-order valence-electron chi connectivity index (χ0n) is 17.9. The van der Waals surface area contributed by atoms with Crippen molar-refractivity contribution in [1.29, 1.82) is 0 Å². The third-order valence-electron chi connectivity index (χ3n) is 6.21. The molecule has 2 aromatic carbocycles. The minimum Gasteiger partial charge on any atom is -0.487 e. The molecule has 35 heavy (non-hydrogen) atoms. The Balaban J connectivity index is 1.15. The molecule has 1 aromatic heterocycles. The summed E-state index contributed by atoms with van der Waals surface area (Å²) in [7, 11) is 0. The van der Waals surface area contributed by atoms with Gasteiger partial charge in [-0.25, -0.2) is 22.9 Å².